The van der Waals surface area contributed by atoms with Crippen molar-refractivity contribution in [1.29, 1.82) is 0 Å². The van der Waals surface area contributed by atoms with Gasteiger partial charge < -0.3 is 19.9 Å². The van der Waals surface area contributed by atoms with Crippen molar-refractivity contribution in [2.24, 2.45) is 0 Å². The predicted octanol–water partition coefficient (Wildman–Crippen LogP) is 1.92. The number of alkyl carbamates (subject to hydrolysis) is 1. The predicted molar refractivity (Wildman–Crippen MR) is 69.0 cm³/mol. The van der Waals surface area contributed by atoms with Crippen molar-refractivity contribution in [3.05, 3.63) is 0 Å². The largest absolute Gasteiger partial charge is 0.481 e. The van der Waals surface area contributed by atoms with Crippen molar-refractivity contribution >= 4 is 12.1 Å². The Morgan fingerprint density at radius 2 is 2.11 bits per heavy atom. The summed E-state index contributed by atoms with van der Waals surface area (Å²) < 4.78 is 10.7. The first-order valence-corrected chi connectivity index (χ1v) is 6.61. The van der Waals surface area contributed by atoms with Crippen LogP contribution in [0.15, 0.2) is 0 Å². The molecule has 6 heteroatoms. The van der Waals surface area contributed by atoms with Crippen LogP contribution in [0.25, 0.3) is 0 Å². The van der Waals surface area contributed by atoms with E-state index in [1.54, 1.807) is 20.8 Å². The zero-order valence-electron chi connectivity index (χ0n) is 11.8. The van der Waals surface area contributed by atoms with Gasteiger partial charge in [-0.1, -0.05) is 0 Å². The van der Waals surface area contributed by atoms with Gasteiger partial charge in [-0.05, 0) is 40.0 Å². The van der Waals surface area contributed by atoms with Crippen LogP contribution < -0.4 is 5.32 Å². The number of amides is 1. The molecule has 1 saturated heterocycles. The molecule has 2 atom stereocenters. The van der Waals surface area contributed by atoms with E-state index in [2.05, 4.69) is 5.32 Å². The molecule has 2 N–H and O–H groups in total. The number of rotatable bonds is 4. The van der Waals surface area contributed by atoms with E-state index >= 15 is 0 Å². The molecule has 0 spiro atoms. The van der Waals surface area contributed by atoms with Crippen molar-refractivity contribution < 1.29 is 24.2 Å². The van der Waals surface area contributed by atoms with Crippen molar-refractivity contribution in [1.82, 2.24) is 5.32 Å². The number of nitrogens with one attached hydrogen (secondary N) is 1. The first-order chi connectivity index (χ1) is 8.78. The van der Waals surface area contributed by atoms with Gasteiger partial charge in [-0.15, -0.1) is 0 Å². The zero-order valence-corrected chi connectivity index (χ0v) is 11.8. The lowest BCUT2D eigenvalue weighted by molar-refractivity contribution is -0.139. The maximum atomic E-state index is 11.7. The minimum absolute atomic E-state index is 0.163. The number of carboxylic acids is 1. The Labute approximate surface area is 113 Å². The Kier molecular flexibility index (Phi) is 5.60. The monoisotopic (exact) mass is 273 g/mol. The van der Waals surface area contributed by atoms with Gasteiger partial charge in [-0.3, -0.25) is 4.79 Å². The number of carbonyl (C=O) groups excluding carboxylic acids is 1. The van der Waals surface area contributed by atoms with Crippen LogP contribution in [0.4, 0.5) is 4.79 Å². The first-order valence-electron chi connectivity index (χ1n) is 6.61. The molecule has 0 bridgehead atoms. The highest BCUT2D eigenvalue weighted by Crippen LogP contribution is 2.18. The van der Waals surface area contributed by atoms with Gasteiger partial charge in [0.15, 0.2) is 0 Å². The molecule has 110 valence electrons. The molecule has 1 rings (SSSR count). The Morgan fingerprint density at radius 1 is 1.42 bits per heavy atom. The molecule has 1 amide bonds. The summed E-state index contributed by atoms with van der Waals surface area (Å²) in [5.41, 5.74) is -0.606. The lowest BCUT2D eigenvalue weighted by Gasteiger charge is -2.31. The van der Waals surface area contributed by atoms with Gasteiger partial charge in [0.05, 0.1) is 18.6 Å². The van der Waals surface area contributed by atoms with E-state index in [0.29, 0.717) is 6.61 Å². The molecule has 0 aromatic rings. The molecule has 1 aliphatic rings. The van der Waals surface area contributed by atoms with E-state index in [-0.39, 0.29) is 12.5 Å². The van der Waals surface area contributed by atoms with Crippen LogP contribution >= 0.6 is 0 Å². The summed E-state index contributed by atoms with van der Waals surface area (Å²) in [6.07, 6.45) is 1.70. The summed E-state index contributed by atoms with van der Waals surface area (Å²) in [5.74, 6) is -0.963. The molecule has 1 aliphatic heterocycles. The van der Waals surface area contributed by atoms with Crippen LogP contribution in [0.5, 0.6) is 0 Å². The zero-order chi connectivity index (χ0) is 14.5. The summed E-state index contributed by atoms with van der Waals surface area (Å²) in [6, 6.07) is -0.548. The minimum Gasteiger partial charge on any atom is -0.481 e. The highest BCUT2D eigenvalue weighted by atomic mass is 16.6. The number of ether oxygens (including phenoxy) is 2. The van der Waals surface area contributed by atoms with Crippen LogP contribution in [0, 0.1) is 0 Å². The van der Waals surface area contributed by atoms with E-state index < -0.39 is 23.7 Å². The van der Waals surface area contributed by atoms with E-state index in [9.17, 15) is 9.59 Å². The quantitative estimate of drug-likeness (QED) is 0.817. The maximum Gasteiger partial charge on any atom is 0.407 e. The van der Waals surface area contributed by atoms with Gasteiger partial charge in [-0.2, -0.15) is 0 Å². The van der Waals surface area contributed by atoms with Crippen LogP contribution in [-0.4, -0.2) is 41.5 Å². The molecule has 1 fully saturated rings. The van der Waals surface area contributed by atoms with E-state index in [1.165, 1.54) is 0 Å². The number of hydrogen-bond donors (Lipinski definition) is 2. The van der Waals surface area contributed by atoms with E-state index in [1.807, 2.05) is 0 Å². The maximum absolute atomic E-state index is 11.7. The summed E-state index contributed by atoms with van der Waals surface area (Å²) in [7, 11) is 0. The SMILES string of the molecule is CC(C)(C)OC(=O)NC(CC(=O)O)C1CCCCO1. The van der Waals surface area contributed by atoms with Crippen molar-refractivity contribution in [3.8, 4) is 0 Å². The highest BCUT2D eigenvalue weighted by Gasteiger charge is 2.29. The molecule has 1 heterocycles. The van der Waals surface area contributed by atoms with Crippen LogP contribution in [0.2, 0.25) is 0 Å². The molecule has 0 aliphatic carbocycles. The van der Waals surface area contributed by atoms with Crippen molar-refractivity contribution in [3.63, 3.8) is 0 Å². The third kappa shape index (κ3) is 6.42. The van der Waals surface area contributed by atoms with Gasteiger partial charge in [0.2, 0.25) is 0 Å². The Balaban J connectivity index is 2.58. The first kappa shape index (κ1) is 15.8. The molecule has 0 saturated carbocycles. The normalized spacial score (nSPS) is 21.5. The number of carboxylic acid groups (broad SMARTS) is 1. The summed E-state index contributed by atoms with van der Waals surface area (Å²) in [6.45, 7) is 5.89. The topological polar surface area (TPSA) is 84.9 Å². The van der Waals surface area contributed by atoms with Gasteiger partial charge in [-0.25, -0.2) is 4.79 Å². The Morgan fingerprint density at radius 3 is 2.58 bits per heavy atom. The molecular formula is C13H23NO5. The summed E-state index contributed by atoms with van der Waals surface area (Å²) in [4.78, 5) is 22.6. The van der Waals surface area contributed by atoms with E-state index in [0.717, 1.165) is 19.3 Å². The minimum atomic E-state index is -0.963. The fourth-order valence-corrected chi connectivity index (χ4v) is 2.01. The second kappa shape index (κ2) is 6.75. The number of hydrogen-bond acceptors (Lipinski definition) is 4. The Bertz CT molecular complexity index is 317. The standard InChI is InChI=1S/C13H23NO5/c1-13(2,3)19-12(17)14-9(8-11(15)16)10-6-4-5-7-18-10/h9-10H,4-8H2,1-3H3,(H,14,17)(H,15,16). The van der Waals surface area contributed by atoms with E-state index in [4.69, 9.17) is 14.6 Å². The molecule has 0 aromatic carbocycles. The smallest absolute Gasteiger partial charge is 0.407 e. The average molecular weight is 273 g/mol. The lowest BCUT2D eigenvalue weighted by atomic mass is 10.00. The third-order valence-corrected chi connectivity index (χ3v) is 2.76. The van der Waals surface area contributed by atoms with Crippen molar-refractivity contribution in [2.45, 2.75) is 64.2 Å². The highest BCUT2D eigenvalue weighted by molar-refractivity contribution is 5.71. The summed E-state index contributed by atoms with van der Waals surface area (Å²) in [5, 5.41) is 11.5. The second-order valence-electron chi connectivity index (χ2n) is 5.76. The average Bonchev–Trinajstić information content (AvgIpc) is 2.26. The number of carbonyl (C=O) groups is 2. The molecule has 0 radical (unpaired) electrons. The molecule has 2 unspecified atom stereocenters. The second-order valence-corrected chi connectivity index (χ2v) is 5.76. The van der Waals surface area contributed by atoms with Crippen LogP contribution in [-0.2, 0) is 14.3 Å². The fourth-order valence-electron chi connectivity index (χ4n) is 2.01. The van der Waals surface area contributed by atoms with Gasteiger partial charge in [0, 0.05) is 6.61 Å². The van der Waals surface area contributed by atoms with Crippen LogP contribution in [0.3, 0.4) is 0 Å². The third-order valence-electron chi connectivity index (χ3n) is 2.76. The van der Waals surface area contributed by atoms with Crippen LogP contribution in [0.1, 0.15) is 46.5 Å². The van der Waals surface area contributed by atoms with Gasteiger partial charge in [0.25, 0.3) is 0 Å². The Hall–Kier alpha value is -1.30. The van der Waals surface area contributed by atoms with Gasteiger partial charge in [0.1, 0.15) is 5.60 Å². The molecule has 0 aromatic heterocycles. The molecule has 6 nitrogen and oxygen atoms in total. The fraction of sp³-hybridized carbons (Fsp3) is 0.846. The van der Waals surface area contributed by atoms with Crippen molar-refractivity contribution in [2.75, 3.05) is 6.61 Å². The van der Waals surface area contributed by atoms with Gasteiger partial charge >= 0.3 is 12.1 Å². The lowest BCUT2D eigenvalue weighted by Crippen LogP contribution is -2.48. The molecular weight excluding hydrogens is 250 g/mol. The molecule has 19 heavy (non-hydrogen) atoms. The number of aliphatic carboxylic acids is 1. The summed E-state index contributed by atoms with van der Waals surface area (Å²) >= 11 is 0.